The van der Waals surface area contributed by atoms with Crippen LogP contribution in [-0.2, 0) is 0 Å². The highest BCUT2D eigenvalue weighted by molar-refractivity contribution is 6.13. The van der Waals surface area contributed by atoms with Crippen LogP contribution in [0.3, 0.4) is 0 Å². The van der Waals surface area contributed by atoms with Gasteiger partial charge in [0.05, 0.1) is 17.1 Å². The van der Waals surface area contributed by atoms with E-state index in [1.807, 2.05) is 172 Å². The van der Waals surface area contributed by atoms with Crippen molar-refractivity contribution in [2.24, 2.45) is 0 Å². The standard InChI is InChI=1S/C35H24N2O.2C29H20N2O/c1-23-19-31(29-16-10-18-33-34(29)30-15-8-9-17-32(30)38-33)37-35(36-23)28-21-26(24-11-4-2-5-12-24)20-27(22-28)25-13-6-3-7-14-25;1-19-18-26(31-29(30-19)22-8-3-2-4-9-22)21-16-14-20(15-17-21)23-11-7-12-25-24-10-5-6-13-27(24)32-28(23)25;1-19-17-26(31-29(30-19)22-7-3-2-4-8-22)21-13-11-20(12-14-21)23-15-16-25-24-9-5-6-10-27(24)32-28(25)18-23/h2-22H,1H3;2*2-18H,1H3. The lowest BCUT2D eigenvalue weighted by Gasteiger charge is -2.12. The molecule has 0 amide bonds. The summed E-state index contributed by atoms with van der Waals surface area (Å²) in [6.45, 7) is 6.05. The fourth-order valence-corrected chi connectivity index (χ4v) is 13.6. The zero-order chi connectivity index (χ0) is 68.5. The normalized spacial score (nSPS) is 11.3. The van der Waals surface area contributed by atoms with E-state index in [4.69, 9.17) is 33.2 Å². The molecule has 0 bridgehead atoms. The fraction of sp³-hybridized carbons (Fsp3) is 0.0323. The van der Waals surface area contributed by atoms with Gasteiger partial charge in [-0.15, -0.1) is 0 Å². The number of para-hydroxylation sites is 4. The molecule has 6 heterocycles. The van der Waals surface area contributed by atoms with Crippen molar-refractivity contribution in [3.63, 3.8) is 0 Å². The number of rotatable bonds is 10. The Morgan fingerprint density at radius 3 is 1.13 bits per heavy atom. The molecule has 0 spiro atoms. The van der Waals surface area contributed by atoms with Crippen molar-refractivity contribution in [2.45, 2.75) is 20.8 Å². The van der Waals surface area contributed by atoms with Crippen molar-refractivity contribution in [1.82, 2.24) is 29.9 Å². The van der Waals surface area contributed by atoms with Gasteiger partial charge < -0.3 is 13.3 Å². The minimum Gasteiger partial charge on any atom is -0.456 e. The minimum atomic E-state index is 0.708. The van der Waals surface area contributed by atoms with Crippen molar-refractivity contribution in [1.29, 1.82) is 0 Å². The van der Waals surface area contributed by atoms with E-state index < -0.39 is 0 Å². The number of hydrogen-bond donors (Lipinski definition) is 0. The first-order valence-electron chi connectivity index (χ1n) is 34.1. The van der Waals surface area contributed by atoms with Crippen molar-refractivity contribution in [3.8, 4) is 112 Å². The van der Waals surface area contributed by atoms with E-state index in [-0.39, 0.29) is 0 Å². The number of furan rings is 3. The highest BCUT2D eigenvalue weighted by Gasteiger charge is 2.19. The molecule has 0 radical (unpaired) electrons. The van der Waals surface area contributed by atoms with Gasteiger partial charge >= 0.3 is 0 Å². The van der Waals surface area contributed by atoms with Crippen LogP contribution < -0.4 is 0 Å². The maximum atomic E-state index is 6.21. The first kappa shape index (κ1) is 62.0. The lowest BCUT2D eigenvalue weighted by Crippen LogP contribution is -1.96. The molecule has 0 unspecified atom stereocenters. The fourth-order valence-electron chi connectivity index (χ4n) is 13.6. The third-order valence-electron chi connectivity index (χ3n) is 18.5. The van der Waals surface area contributed by atoms with Crippen LogP contribution in [0.25, 0.3) is 178 Å². The highest BCUT2D eigenvalue weighted by atomic mass is 16.3. The predicted octanol–water partition coefficient (Wildman–Crippen LogP) is 24.7. The van der Waals surface area contributed by atoms with E-state index in [1.54, 1.807) is 0 Å². The van der Waals surface area contributed by atoms with E-state index in [1.165, 1.54) is 0 Å². The molecule has 19 aromatic rings. The second-order valence-electron chi connectivity index (χ2n) is 25.4. The average molecular weight is 1310 g/mol. The van der Waals surface area contributed by atoms with E-state index >= 15 is 0 Å². The number of aryl methyl sites for hydroxylation is 3. The van der Waals surface area contributed by atoms with E-state index in [0.29, 0.717) is 5.82 Å². The molecule has 0 aliphatic heterocycles. The van der Waals surface area contributed by atoms with E-state index in [0.717, 1.165) is 190 Å². The maximum absolute atomic E-state index is 6.21. The van der Waals surface area contributed by atoms with Gasteiger partial charge in [-0.05, 0) is 133 Å². The molecule has 0 fully saturated rings. The Labute approximate surface area is 589 Å². The van der Waals surface area contributed by atoms with Crippen molar-refractivity contribution in [3.05, 3.63) is 351 Å². The first-order valence-corrected chi connectivity index (χ1v) is 34.1. The topological polar surface area (TPSA) is 117 Å². The molecule has 9 heteroatoms. The van der Waals surface area contributed by atoms with Gasteiger partial charge in [0, 0.05) is 88.3 Å². The molecule has 0 saturated carbocycles. The average Bonchev–Trinajstić information content (AvgIpc) is 1.57. The summed E-state index contributed by atoms with van der Waals surface area (Å²) >= 11 is 0. The van der Waals surface area contributed by atoms with Crippen LogP contribution >= 0.6 is 0 Å². The Morgan fingerprint density at radius 1 is 0.196 bits per heavy atom. The number of fused-ring (bicyclic) bond motifs is 9. The van der Waals surface area contributed by atoms with Gasteiger partial charge in [-0.1, -0.05) is 261 Å². The molecule has 0 aliphatic carbocycles. The maximum Gasteiger partial charge on any atom is 0.160 e. The molecule has 0 atom stereocenters. The zero-order valence-electron chi connectivity index (χ0n) is 56.2. The zero-order valence-corrected chi connectivity index (χ0v) is 56.2. The molecule has 484 valence electrons. The molecule has 102 heavy (non-hydrogen) atoms. The Morgan fingerprint density at radius 2 is 0.559 bits per heavy atom. The SMILES string of the molecule is Cc1cc(-c2ccc(-c3ccc4c(c3)oc3ccccc34)cc2)nc(-c2ccccc2)n1.Cc1cc(-c2ccc(-c3cccc4c3oc3ccccc34)cc2)nc(-c2ccccc2)n1.Cc1cc(-c2cccc3oc4ccccc4c23)nc(-c2cc(-c3ccccc3)cc(-c3ccccc3)c2)n1. The van der Waals surface area contributed by atoms with Crippen LogP contribution in [0, 0.1) is 20.8 Å². The van der Waals surface area contributed by atoms with Crippen LogP contribution in [0.4, 0.5) is 0 Å². The lowest BCUT2D eigenvalue weighted by atomic mass is 9.95. The van der Waals surface area contributed by atoms with Crippen LogP contribution in [0.1, 0.15) is 17.1 Å². The quantitative estimate of drug-likeness (QED) is 0.132. The van der Waals surface area contributed by atoms with Crippen LogP contribution in [0.2, 0.25) is 0 Å². The van der Waals surface area contributed by atoms with Crippen LogP contribution in [0.5, 0.6) is 0 Å². The van der Waals surface area contributed by atoms with Gasteiger partial charge in [0.25, 0.3) is 0 Å². The summed E-state index contributed by atoms with van der Waals surface area (Å²) in [7, 11) is 0. The Bertz CT molecular complexity index is 6210. The van der Waals surface area contributed by atoms with Gasteiger partial charge in [0.2, 0.25) is 0 Å². The summed E-state index contributed by atoms with van der Waals surface area (Å²) in [5.41, 5.74) is 26.2. The number of hydrogen-bond acceptors (Lipinski definition) is 9. The summed E-state index contributed by atoms with van der Waals surface area (Å²) in [6, 6.07) is 114. The molecule has 0 N–H and O–H groups in total. The van der Waals surface area contributed by atoms with E-state index in [9.17, 15) is 0 Å². The van der Waals surface area contributed by atoms with Crippen LogP contribution in [0.15, 0.2) is 347 Å². The highest BCUT2D eigenvalue weighted by Crippen LogP contribution is 2.41. The summed E-state index contributed by atoms with van der Waals surface area (Å²) < 4.78 is 18.4. The van der Waals surface area contributed by atoms with E-state index in [2.05, 4.69) is 192 Å². The van der Waals surface area contributed by atoms with Gasteiger partial charge in [-0.3, -0.25) is 0 Å². The number of aromatic nitrogens is 6. The van der Waals surface area contributed by atoms with Crippen LogP contribution in [-0.4, -0.2) is 29.9 Å². The number of nitrogens with zero attached hydrogens (tertiary/aromatic N) is 6. The second-order valence-corrected chi connectivity index (χ2v) is 25.4. The molecule has 0 saturated heterocycles. The second kappa shape index (κ2) is 27.1. The van der Waals surface area contributed by atoms with Gasteiger partial charge in [-0.25, -0.2) is 29.9 Å². The van der Waals surface area contributed by atoms with Gasteiger partial charge in [-0.2, -0.15) is 0 Å². The Kier molecular flexibility index (Phi) is 16.5. The van der Waals surface area contributed by atoms with Crippen molar-refractivity contribution in [2.75, 3.05) is 0 Å². The van der Waals surface area contributed by atoms with Gasteiger partial charge in [0.15, 0.2) is 17.5 Å². The third-order valence-corrected chi connectivity index (χ3v) is 18.5. The first-order chi connectivity index (χ1) is 50.2. The largest absolute Gasteiger partial charge is 0.456 e. The number of benzene rings is 13. The van der Waals surface area contributed by atoms with Crippen molar-refractivity contribution < 1.29 is 13.3 Å². The monoisotopic (exact) mass is 1310 g/mol. The lowest BCUT2D eigenvalue weighted by molar-refractivity contribution is 0.668. The summed E-state index contributed by atoms with van der Waals surface area (Å²) in [4.78, 5) is 28.9. The molecule has 19 rings (SSSR count). The molecule has 13 aromatic carbocycles. The summed E-state index contributed by atoms with van der Waals surface area (Å²) in [5, 5.41) is 6.75. The predicted molar refractivity (Wildman–Crippen MR) is 417 cm³/mol. The minimum absolute atomic E-state index is 0.708. The molecular weight excluding hydrogens is 1250 g/mol. The van der Waals surface area contributed by atoms with Gasteiger partial charge in [0.1, 0.15) is 33.5 Å². The molecule has 0 aliphatic rings. The Balaban J connectivity index is 0.000000114. The smallest absolute Gasteiger partial charge is 0.160 e. The molecule has 9 nitrogen and oxygen atoms in total. The molecular formula is C93H64N6O3. The Hall–Kier alpha value is -13.5. The third kappa shape index (κ3) is 12.5. The molecule has 6 aromatic heterocycles. The summed E-state index contributed by atoms with van der Waals surface area (Å²) in [5.74, 6) is 2.21. The van der Waals surface area contributed by atoms with Crippen molar-refractivity contribution >= 4 is 65.8 Å². The summed E-state index contributed by atoms with van der Waals surface area (Å²) in [6.07, 6.45) is 0.